The summed E-state index contributed by atoms with van der Waals surface area (Å²) in [6, 6.07) is 8.12. The summed E-state index contributed by atoms with van der Waals surface area (Å²) < 4.78 is 1.90. The van der Waals surface area contributed by atoms with Crippen molar-refractivity contribution in [3.05, 3.63) is 51.8 Å². The van der Waals surface area contributed by atoms with E-state index in [0.29, 0.717) is 22.6 Å². The number of nitrogens with one attached hydrogen (secondary N) is 1. The number of halogens is 2. The minimum atomic E-state index is 0.459. The van der Waals surface area contributed by atoms with Gasteiger partial charge in [0.2, 0.25) is 0 Å². The van der Waals surface area contributed by atoms with Gasteiger partial charge in [0.1, 0.15) is 0 Å². The van der Waals surface area contributed by atoms with Gasteiger partial charge in [-0.25, -0.2) is 0 Å². The lowest BCUT2D eigenvalue weighted by Crippen LogP contribution is -2.22. The Labute approximate surface area is 123 Å². The highest BCUT2D eigenvalue weighted by atomic mass is 35.5. The molecule has 1 N–H and O–H groups in total. The second-order valence-electron chi connectivity index (χ2n) is 4.79. The van der Waals surface area contributed by atoms with Gasteiger partial charge in [-0.1, -0.05) is 43.1 Å². The first-order chi connectivity index (χ1) is 9.04. The van der Waals surface area contributed by atoms with Gasteiger partial charge < -0.3 is 5.32 Å². The SMILES string of the molecule is CC(C)NCc1ccn(Cc2ccc(Cl)c(Cl)c2)n1. The Hall–Kier alpha value is -1.03. The van der Waals surface area contributed by atoms with Gasteiger partial charge in [0.05, 0.1) is 22.3 Å². The molecule has 0 bridgehead atoms. The average molecular weight is 298 g/mol. The van der Waals surface area contributed by atoms with Crippen LogP contribution in [0.5, 0.6) is 0 Å². The fourth-order valence-corrected chi connectivity index (χ4v) is 2.04. The molecule has 0 aliphatic carbocycles. The number of rotatable bonds is 5. The van der Waals surface area contributed by atoms with Gasteiger partial charge in [0.15, 0.2) is 0 Å². The molecule has 5 heteroatoms. The molecule has 0 radical (unpaired) electrons. The zero-order valence-electron chi connectivity index (χ0n) is 11.0. The molecule has 19 heavy (non-hydrogen) atoms. The van der Waals surface area contributed by atoms with Gasteiger partial charge in [-0.15, -0.1) is 0 Å². The van der Waals surface area contributed by atoms with Crippen molar-refractivity contribution < 1.29 is 0 Å². The van der Waals surface area contributed by atoms with Gasteiger partial charge in [0.25, 0.3) is 0 Å². The van der Waals surface area contributed by atoms with Crippen LogP contribution in [-0.2, 0) is 13.1 Å². The second kappa shape index (κ2) is 6.42. The number of benzene rings is 1. The number of nitrogens with zero attached hydrogens (tertiary/aromatic N) is 2. The number of hydrogen-bond donors (Lipinski definition) is 1. The van der Waals surface area contributed by atoms with E-state index in [0.717, 1.165) is 17.8 Å². The van der Waals surface area contributed by atoms with E-state index in [2.05, 4.69) is 24.3 Å². The zero-order valence-corrected chi connectivity index (χ0v) is 12.5. The maximum atomic E-state index is 6.00. The lowest BCUT2D eigenvalue weighted by atomic mass is 10.2. The highest BCUT2D eigenvalue weighted by molar-refractivity contribution is 6.42. The Balaban J connectivity index is 2.01. The van der Waals surface area contributed by atoms with E-state index < -0.39 is 0 Å². The lowest BCUT2D eigenvalue weighted by Gasteiger charge is -2.06. The van der Waals surface area contributed by atoms with Crippen molar-refractivity contribution in [2.75, 3.05) is 0 Å². The number of aromatic nitrogens is 2. The molecular formula is C14H17Cl2N3. The first-order valence-corrected chi connectivity index (χ1v) is 7.00. The minimum Gasteiger partial charge on any atom is -0.309 e. The predicted octanol–water partition coefficient (Wildman–Crippen LogP) is 3.74. The lowest BCUT2D eigenvalue weighted by molar-refractivity contribution is 0.570. The first kappa shape index (κ1) is 14.4. The molecule has 1 aromatic carbocycles. The average Bonchev–Trinajstić information content (AvgIpc) is 2.79. The third kappa shape index (κ3) is 4.23. The molecule has 3 nitrogen and oxygen atoms in total. The molecule has 0 fully saturated rings. The van der Waals surface area contributed by atoms with Crippen molar-refractivity contribution in [2.45, 2.75) is 33.0 Å². The molecule has 1 heterocycles. The summed E-state index contributed by atoms with van der Waals surface area (Å²) in [7, 11) is 0. The van der Waals surface area contributed by atoms with E-state index in [1.807, 2.05) is 35.1 Å². The molecule has 0 spiro atoms. The minimum absolute atomic E-state index is 0.459. The van der Waals surface area contributed by atoms with Gasteiger partial charge >= 0.3 is 0 Å². The Morgan fingerprint density at radius 3 is 2.68 bits per heavy atom. The Morgan fingerprint density at radius 1 is 1.21 bits per heavy atom. The maximum Gasteiger partial charge on any atom is 0.0762 e. The van der Waals surface area contributed by atoms with Crippen LogP contribution in [0.15, 0.2) is 30.5 Å². The summed E-state index contributed by atoms with van der Waals surface area (Å²) in [5, 5.41) is 9.00. The molecule has 0 saturated carbocycles. The Bertz CT molecular complexity index is 549. The van der Waals surface area contributed by atoms with Crippen LogP contribution in [0.1, 0.15) is 25.1 Å². The topological polar surface area (TPSA) is 29.9 Å². The van der Waals surface area contributed by atoms with Crippen LogP contribution in [0, 0.1) is 0 Å². The molecule has 102 valence electrons. The summed E-state index contributed by atoms with van der Waals surface area (Å²) in [6.45, 7) is 5.71. The van der Waals surface area contributed by atoms with Crippen LogP contribution in [0.3, 0.4) is 0 Å². The Morgan fingerprint density at radius 2 is 2.00 bits per heavy atom. The van der Waals surface area contributed by atoms with Crippen LogP contribution in [0.2, 0.25) is 10.0 Å². The molecular weight excluding hydrogens is 281 g/mol. The molecule has 0 aliphatic rings. The van der Waals surface area contributed by atoms with E-state index in [9.17, 15) is 0 Å². The van der Waals surface area contributed by atoms with E-state index in [-0.39, 0.29) is 0 Å². The third-order valence-corrected chi connectivity index (χ3v) is 3.45. The monoisotopic (exact) mass is 297 g/mol. The van der Waals surface area contributed by atoms with E-state index >= 15 is 0 Å². The molecule has 1 aromatic heterocycles. The van der Waals surface area contributed by atoms with Gasteiger partial charge in [0, 0.05) is 18.8 Å². The van der Waals surface area contributed by atoms with Crippen molar-refractivity contribution >= 4 is 23.2 Å². The van der Waals surface area contributed by atoms with Gasteiger partial charge in [-0.3, -0.25) is 4.68 Å². The van der Waals surface area contributed by atoms with E-state index in [1.165, 1.54) is 0 Å². The molecule has 0 saturated heterocycles. The van der Waals surface area contributed by atoms with Crippen molar-refractivity contribution in [1.29, 1.82) is 0 Å². The molecule has 2 rings (SSSR count). The molecule has 0 unspecified atom stereocenters. The fraction of sp³-hybridized carbons (Fsp3) is 0.357. The summed E-state index contributed by atoms with van der Waals surface area (Å²) >= 11 is 11.9. The van der Waals surface area contributed by atoms with Crippen LogP contribution in [0.25, 0.3) is 0 Å². The van der Waals surface area contributed by atoms with Crippen molar-refractivity contribution in [3.63, 3.8) is 0 Å². The largest absolute Gasteiger partial charge is 0.309 e. The molecule has 0 amide bonds. The number of hydrogen-bond acceptors (Lipinski definition) is 2. The van der Waals surface area contributed by atoms with Crippen LogP contribution < -0.4 is 5.32 Å². The van der Waals surface area contributed by atoms with Crippen LogP contribution in [-0.4, -0.2) is 15.8 Å². The third-order valence-electron chi connectivity index (χ3n) is 2.72. The Kier molecular flexibility index (Phi) is 4.86. The normalized spacial score (nSPS) is 11.2. The van der Waals surface area contributed by atoms with Crippen LogP contribution in [0.4, 0.5) is 0 Å². The molecule has 0 aliphatic heterocycles. The van der Waals surface area contributed by atoms with E-state index in [4.69, 9.17) is 23.2 Å². The molecule has 2 aromatic rings. The summed E-state index contributed by atoms with van der Waals surface area (Å²) in [5.74, 6) is 0. The van der Waals surface area contributed by atoms with Gasteiger partial charge in [-0.05, 0) is 23.8 Å². The quantitative estimate of drug-likeness (QED) is 0.911. The van der Waals surface area contributed by atoms with Crippen molar-refractivity contribution in [3.8, 4) is 0 Å². The maximum absolute atomic E-state index is 6.00. The summed E-state index contributed by atoms with van der Waals surface area (Å²) in [6.07, 6.45) is 1.97. The smallest absolute Gasteiger partial charge is 0.0762 e. The highest BCUT2D eigenvalue weighted by Crippen LogP contribution is 2.22. The fourth-order valence-electron chi connectivity index (χ4n) is 1.72. The van der Waals surface area contributed by atoms with Crippen molar-refractivity contribution in [2.24, 2.45) is 0 Å². The van der Waals surface area contributed by atoms with Crippen LogP contribution >= 0.6 is 23.2 Å². The first-order valence-electron chi connectivity index (χ1n) is 6.24. The molecule has 0 atom stereocenters. The van der Waals surface area contributed by atoms with Crippen molar-refractivity contribution in [1.82, 2.24) is 15.1 Å². The highest BCUT2D eigenvalue weighted by Gasteiger charge is 2.03. The van der Waals surface area contributed by atoms with E-state index in [1.54, 1.807) is 0 Å². The predicted molar refractivity (Wildman–Crippen MR) is 79.8 cm³/mol. The van der Waals surface area contributed by atoms with Gasteiger partial charge in [-0.2, -0.15) is 5.10 Å². The standard InChI is InChI=1S/C14H17Cl2N3/c1-10(2)17-8-12-5-6-19(18-12)9-11-3-4-13(15)14(16)7-11/h3-7,10,17H,8-9H2,1-2H3. The second-order valence-corrected chi connectivity index (χ2v) is 5.60. The summed E-state index contributed by atoms with van der Waals surface area (Å²) in [5.41, 5.74) is 2.12. The zero-order chi connectivity index (χ0) is 13.8. The summed E-state index contributed by atoms with van der Waals surface area (Å²) in [4.78, 5) is 0.